The summed E-state index contributed by atoms with van der Waals surface area (Å²) in [5, 5.41) is 20.8. The molecule has 4 N–H and O–H groups in total. The second-order valence-electron chi connectivity index (χ2n) is 8.27. The standard InChI is InChI=1S/C25H30N4O4/c1-18(30)23(25(32)27-33)26-24(31)22-11-9-20(10-12-22)4-3-19-5-7-21(8-6-19)17-29-15-13-28(2)14-16-29/h5-12,18,23,30,33H,13-17H2,1-2H3,(H,26,31)(H,27,32)/t18-,23+/m1/s1. The molecule has 8 nitrogen and oxygen atoms in total. The third kappa shape index (κ3) is 7.14. The lowest BCUT2D eigenvalue weighted by Gasteiger charge is -2.32. The van der Waals surface area contributed by atoms with Crippen LogP contribution in [0.25, 0.3) is 0 Å². The number of rotatable bonds is 6. The van der Waals surface area contributed by atoms with Crippen molar-refractivity contribution in [1.82, 2.24) is 20.6 Å². The van der Waals surface area contributed by atoms with Crippen LogP contribution >= 0.6 is 0 Å². The van der Waals surface area contributed by atoms with Gasteiger partial charge in [0.15, 0.2) is 0 Å². The highest BCUT2D eigenvalue weighted by Crippen LogP contribution is 2.10. The van der Waals surface area contributed by atoms with Gasteiger partial charge in [-0.15, -0.1) is 0 Å². The first kappa shape index (κ1) is 24.4. The van der Waals surface area contributed by atoms with E-state index in [-0.39, 0.29) is 0 Å². The van der Waals surface area contributed by atoms with E-state index in [1.165, 1.54) is 18.0 Å². The molecule has 0 spiro atoms. The number of nitrogens with one attached hydrogen (secondary N) is 2. The molecule has 174 valence electrons. The van der Waals surface area contributed by atoms with Gasteiger partial charge in [-0.2, -0.15) is 0 Å². The Balaban J connectivity index is 1.57. The van der Waals surface area contributed by atoms with E-state index >= 15 is 0 Å². The lowest BCUT2D eigenvalue weighted by Crippen LogP contribution is -2.51. The number of hydrogen-bond donors (Lipinski definition) is 4. The molecule has 0 saturated carbocycles. The van der Waals surface area contributed by atoms with Crippen LogP contribution < -0.4 is 10.8 Å². The minimum atomic E-state index is -1.26. The van der Waals surface area contributed by atoms with E-state index in [1.54, 1.807) is 24.3 Å². The largest absolute Gasteiger partial charge is 0.391 e. The number of carbonyl (C=O) groups excluding carboxylic acids is 2. The van der Waals surface area contributed by atoms with E-state index in [0.29, 0.717) is 5.56 Å². The zero-order valence-electron chi connectivity index (χ0n) is 18.9. The van der Waals surface area contributed by atoms with Crippen molar-refractivity contribution in [2.45, 2.75) is 25.6 Å². The van der Waals surface area contributed by atoms with Crippen LogP contribution in [0.1, 0.15) is 34.0 Å². The van der Waals surface area contributed by atoms with Gasteiger partial charge in [0, 0.05) is 49.4 Å². The number of aliphatic hydroxyl groups is 1. The topological polar surface area (TPSA) is 105 Å². The van der Waals surface area contributed by atoms with Gasteiger partial charge < -0.3 is 15.3 Å². The van der Waals surface area contributed by atoms with Gasteiger partial charge in [0.25, 0.3) is 11.8 Å². The normalized spacial score (nSPS) is 16.2. The number of aliphatic hydroxyl groups excluding tert-OH is 1. The van der Waals surface area contributed by atoms with E-state index in [0.717, 1.165) is 43.9 Å². The molecule has 1 saturated heterocycles. The highest BCUT2D eigenvalue weighted by atomic mass is 16.5. The Hall–Kier alpha value is -3.22. The average Bonchev–Trinajstić information content (AvgIpc) is 2.83. The average molecular weight is 451 g/mol. The second kappa shape index (κ2) is 11.6. The van der Waals surface area contributed by atoms with Crippen molar-refractivity contribution in [1.29, 1.82) is 0 Å². The van der Waals surface area contributed by atoms with E-state index in [9.17, 15) is 14.7 Å². The number of piperazine rings is 1. The number of amides is 2. The molecule has 1 heterocycles. The predicted octanol–water partition coefficient (Wildman–Crippen LogP) is 0.818. The van der Waals surface area contributed by atoms with Gasteiger partial charge in [0.2, 0.25) is 0 Å². The van der Waals surface area contributed by atoms with Crippen molar-refractivity contribution in [3.8, 4) is 11.8 Å². The lowest BCUT2D eigenvalue weighted by molar-refractivity contribution is -0.133. The predicted molar refractivity (Wildman–Crippen MR) is 125 cm³/mol. The zero-order valence-corrected chi connectivity index (χ0v) is 18.9. The molecule has 2 aromatic carbocycles. The van der Waals surface area contributed by atoms with Gasteiger partial charge in [0.05, 0.1) is 6.10 Å². The maximum Gasteiger partial charge on any atom is 0.268 e. The fraction of sp³-hybridized carbons (Fsp3) is 0.360. The number of carbonyl (C=O) groups is 2. The first-order valence-corrected chi connectivity index (χ1v) is 10.9. The Bertz CT molecular complexity index is 1000. The monoisotopic (exact) mass is 450 g/mol. The Kier molecular flexibility index (Phi) is 8.58. The van der Waals surface area contributed by atoms with Gasteiger partial charge in [0.1, 0.15) is 6.04 Å². The fourth-order valence-electron chi connectivity index (χ4n) is 3.51. The van der Waals surface area contributed by atoms with Gasteiger partial charge >= 0.3 is 0 Å². The van der Waals surface area contributed by atoms with Crippen LogP contribution in [-0.4, -0.2) is 77.3 Å². The molecule has 2 aromatic rings. The number of nitrogens with zero attached hydrogens (tertiary/aromatic N) is 2. The highest BCUT2D eigenvalue weighted by Gasteiger charge is 2.25. The van der Waals surface area contributed by atoms with Crippen molar-refractivity contribution < 1.29 is 19.9 Å². The molecular formula is C25H30N4O4. The molecule has 0 unspecified atom stereocenters. The Morgan fingerprint density at radius 3 is 2.03 bits per heavy atom. The molecule has 33 heavy (non-hydrogen) atoms. The molecular weight excluding hydrogens is 420 g/mol. The van der Waals surface area contributed by atoms with Crippen LogP contribution in [-0.2, 0) is 11.3 Å². The summed E-state index contributed by atoms with van der Waals surface area (Å²) in [6.07, 6.45) is -1.17. The second-order valence-corrected chi connectivity index (χ2v) is 8.27. The smallest absolute Gasteiger partial charge is 0.268 e. The van der Waals surface area contributed by atoms with Crippen molar-refractivity contribution in [2.75, 3.05) is 33.2 Å². The lowest BCUT2D eigenvalue weighted by atomic mass is 10.1. The van der Waals surface area contributed by atoms with Gasteiger partial charge in [-0.3, -0.25) is 19.7 Å². The summed E-state index contributed by atoms with van der Waals surface area (Å²) in [6, 6.07) is 13.6. The maximum atomic E-state index is 12.3. The van der Waals surface area contributed by atoms with Gasteiger partial charge in [-0.1, -0.05) is 24.0 Å². The van der Waals surface area contributed by atoms with Crippen LogP contribution in [0.3, 0.4) is 0 Å². The number of hydrogen-bond acceptors (Lipinski definition) is 6. The Labute approximate surface area is 194 Å². The maximum absolute atomic E-state index is 12.3. The molecule has 0 aliphatic carbocycles. The molecule has 2 amide bonds. The van der Waals surface area contributed by atoms with Crippen molar-refractivity contribution in [3.05, 3.63) is 70.8 Å². The molecule has 2 atom stereocenters. The van der Waals surface area contributed by atoms with Crippen LogP contribution in [0.5, 0.6) is 0 Å². The molecule has 0 bridgehead atoms. The minimum absolute atomic E-state index is 0.310. The van der Waals surface area contributed by atoms with Gasteiger partial charge in [-0.25, -0.2) is 5.48 Å². The van der Waals surface area contributed by atoms with Crippen LogP contribution in [0.2, 0.25) is 0 Å². The minimum Gasteiger partial charge on any atom is -0.391 e. The summed E-state index contributed by atoms with van der Waals surface area (Å²) in [6.45, 7) is 6.66. The molecule has 1 fully saturated rings. The van der Waals surface area contributed by atoms with Gasteiger partial charge in [-0.05, 0) is 55.9 Å². The Morgan fingerprint density at radius 2 is 1.52 bits per heavy atom. The van der Waals surface area contributed by atoms with E-state index in [2.05, 4.69) is 46.1 Å². The molecule has 0 radical (unpaired) electrons. The van der Waals surface area contributed by atoms with Crippen molar-refractivity contribution >= 4 is 11.8 Å². The molecule has 3 rings (SSSR count). The van der Waals surface area contributed by atoms with Crippen LogP contribution in [0, 0.1) is 11.8 Å². The third-order valence-corrected chi connectivity index (χ3v) is 5.62. The SMILES string of the molecule is C[C@@H](O)[C@H](NC(=O)c1ccc(C#Cc2ccc(CN3CCN(C)CC3)cc2)cc1)C(=O)NO. The van der Waals surface area contributed by atoms with E-state index < -0.39 is 24.0 Å². The first-order valence-electron chi connectivity index (χ1n) is 10.9. The summed E-state index contributed by atoms with van der Waals surface area (Å²) in [7, 11) is 2.15. The molecule has 8 heteroatoms. The summed E-state index contributed by atoms with van der Waals surface area (Å²) in [5.74, 6) is 4.78. The van der Waals surface area contributed by atoms with Crippen molar-refractivity contribution in [2.24, 2.45) is 0 Å². The summed E-state index contributed by atoms with van der Waals surface area (Å²) in [4.78, 5) is 28.7. The van der Waals surface area contributed by atoms with E-state index in [4.69, 9.17) is 5.21 Å². The Morgan fingerprint density at radius 1 is 0.970 bits per heavy atom. The number of hydroxylamine groups is 1. The third-order valence-electron chi connectivity index (χ3n) is 5.62. The molecule has 1 aliphatic rings. The summed E-state index contributed by atoms with van der Waals surface area (Å²) < 4.78 is 0. The number of likely N-dealkylation sites (N-methyl/N-ethyl adjacent to an activating group) is 1. The quantitative estimate of drug-likeness (QED) is 0.295. The molecule has 0 aromatic heterocycles. The van der Waals surface area contributed by atoms with E-state index in [1.807, 2.05) is 12.1 Å². The van der Waals surface area contributed by atoms with Crippen LogP contribution in [0.15, 0.2) is 48.5 Å². The molecule has 1 aliphatic heterocycles. The summed E-state index contributed by atoms with van der Waals surface area (Å²) >= 11 is 0. The zero-order chi connectivity index (χ0) is 23.8. The summed E-state index contributed by atoms with van der Waals surface area (Å²) in [5.41, 5.74) is 4.67. The van der Waals surface area contributed by atoms with Crippen molar-refractivity contribution in [3.63, 3.8) is 0 Å². The van der Waals surface area contributed by atoms with Crippen LogP contribution in [0.4, 0.5) is 0 Å². The highest BCUT2D eigenvalue weighted by molar-refractivity contribution is 5.97. The fourth-order valence-corrected chi connectivity index (χ4v) is 3.51. The first-order chi connectivity index (χ1) is 15.9. The number of benzene rings is 2.